The van der Waals surface area contributed by atoms with Gasteiger partial charge in [-0.25, -0.2) is 0 Å². The highest BCUT2D eigenvalue weighted by atomic mass is 16.5. The molecule has 1 aliphatic heterocycles. The van der Waals surface area contributed by atoms with Crippen LogP contribution in [-0.4, -0.2) is 42.3 Å². The molecule has 1 aliphatic rings. The number of ether oxygens (including phenoxy) is 1. The van der Waals surface area contributed by atoms with Crippen molar-refractivity contribution in [1.29, 1.82) is 0 Å². The van der Waals surface area contributed by atoms with Crippen LogP contribution in [-0.2, 0) is 9.53 Å². The van der Waals surface area contributed by atoms with Gasteiger partial charge in [0.05, 0.1) is 19.6 Å². The second-order valence-electron chi connectivity index (χ2n) is 4.17. The lowest BCUT2D eigenvalue weighted by atomic mass is 10.0. The molecule has 1 saturated heterocycles. The van der Waals surface area contributed by atoms with E-state index in [1.54, 1.807) is 0 Å². The first-order valence-electron chi connectivity index (χ1n) is 5.86. The number of carboxylic acids is 1. The Morgan fingerprint density at radius 1 is 1.29 bits per heavy atom. The van der Waals surface area contributed by atoms with E-state index in [2.05, 4.69) is 4.90 Å². The molecular weight excluding hydrogens is 218 g/mol. The Labute approximate surface area is 101 Å². The summed E-state index contributed by atoms with van der Waals surface area (Å²) in [7, 11) is 0. The van der Waals surface area contributed by atoms with Crippen LogP contribution in [0.4, 0.5) is 0 Å². The number of nitrogens with zero attached hydrogens (tertiary/aromatic N) is 1. The number of carboxylic acid groups (broad SMARTS) is 1. The lowest BCUT2D eigenvalue weighted by Crippen LogP contribution is -2.39. The van der Waals surface area contributed by atoms with E-state index in [1.165, 1.54) is 0 Å². The highest BCUT2D eigenvalue weighted by Crippen LogP contribution is 2.24. The zero-order valence-corrected chi connectivity index (χ0v) is 9.71. The van der Waals surface area contributed by atoms with Gasteiger partial charge in [0.2, 0.25) is 0 Å². The van der Waals surface area contributed by atoms with E-state index in [-0.39, 0.29) is 12.5 Å². The van der Waals surface area contributed by atoms with Crippen molar-refractivity contribution in [2.75, 3.05) is 26.3 Å². The third-order valence-corrected chi connectivity index (χ3v) is 3.04. The van der Waals surface area contributed by atoms with Crippen LogP contribution in [0.3, 0.4) is 0 Å². The van der Waals surface area contributed by atoms with E-state index in [4.69, 9.17) is 9.84 Å². The van der Waals surface area contributed by atoms with Crippen LogP contribution in [0.1, 0.15) is 18.0 Å². The Bertz CT molecular complexity index is 360. The van der Waals surface area contributed by atoms with Crippen LogP contribution in [0.5, 0.6) is 0 Å². The third-order valence-electron chi connectivity index (χ3n) is 3.04. The molecular formula is C13H17NO3. The van der Waals surface area contributed by atoms with E-state index in [1.807, 2.05) is 30.3 Å². The lowest BCUT2D eigenvalue weighted by molar-refractivity contribution is -0.139. The molecule has 0 unspecified atom stereocenters. The van der Waals surface area contributed by atoms with Gasteiger partial charge in [0.15, 0.2) is 0 Å². The second kappa shape index (κ2) is 5.80. The molecule has 4 heteroatoms. The summed E-state index contributed by atoms with van der Waals surface area (Å²) in [6.45, 7) is 2.96. The van der Waals surface area contributed by atoms with Crippen LogP contribution in [0.25, 0.3) is 0 Å². The largest absolute Gasteiger partial charge is 0.481 e. The van der Waals surface area contributed by atoms with Crippen LogP contribution in [0, 0.1) is 0 Å². The first-order chi connectivity index (χ1) is 8.27. The van der Waals surface area contributed by atoms with E-state index in [9.17, 15) is 4.79 Å². The molecule has 1 fully saturated rings. The van der Waals surface area contributed by atoms with Crippen LogP contribution in [0.2, 0.25) is 0 Å². The summed E-state index contributed by atoms with van der Waals surface area (Å²) in [5, 5.41) is 9.02. The predicted octanol–water partition coefficient (Wildman–Crippen LogP) is 1.53. The molecule has 1 atom stereocenters. The van der Waals surface area contributed by atoms with E-state index < -0.39 is 5.97 Å². The Morgan fingerprint density at radius 3 is 2.53 bits per heavy atom. The molecule has 0 radical (unpaired) electrons. The summed E-state index contributed by atoms with van der Waals surface area (Å²) in [5.74, 6) is -0.759. The number of hydrogen-bond donors (Lipinski definition) is 1. The van der Waals surface area contributed by atoms with Crippen molar-refractivity contribution >= 4 is 5.97 Å². The summed E-state index contributed by atoms with van der Waals surface area (Å²) < 4.78 is 5.30. The summed E-state index contributed by atoms with van der Waals surface area (Å²) in [5.41, 5.74) is 1.07. The van der Waals surface area contributed by atoms with Gasteiger partial charge in [-0.05, 0) is 5.56 Å². The summed E-state index contributed by atoms with van der Waals surface area (Å²) in [6.07, 6.45) is 0.143. The number of carbonyl (C=O) groups is 1. The summed E-state index contributed by atoms with van der Waals surface area (Å²) in [6, 6.07) is 9.78. The van der Waals surface area contributed by atoms with E-state index >= 15 is 0 Å². The number of rotatable bonds is 4. The van der Waals surface area contributed by atoms with Gasteiger partial charge in [-0.3, -0.25) is 9.69 Å². The minimum Gasteiger partial charge on any atom is -0.481 e. The van der Waals surface area contributed by atoms with Gasteiger partial charge in [-0.1, -0.05) is 30.3 Å². The number of benzene rings is 1. The predicted molar refractivity (Wildman–Crippen MR) is 63.8 cm³/mol. The monoisotopic (exact) mass is 235 g/mol. The molecule has 17 heavy (non-hydrogen) atoms. The van der Waals surface area contributed by atoms with Gasteiger partial charge in [0.1, 0.15) is 0 Å². The Hall–Kier alpha value is -1.39. The fourth-order valence-corrected chi connectivity index (χ4v) is 2.19. The van der Waals surface area contributed by atoms with E-state index in [0.717, 1.165) is 18.7 Å². The third kappa shape index (κ3) is 3.28. The van der Waals surface area contributed by atoms with Crippen molar-refractivity contribution in [2.45, 2.75) is 12.5 Å². The van der Waals surface area contributed by atoms with Crippen molar-refractivity contribution in [3.63, 3.8) is 0 Å². The molecule has 0 spiro atoms. The first-order valence-corrected chi connectivity index (χ1v) is 5.86. The molecule has 0 bridgehead atoms. The number of aliphatic carboxylic acids is 1. The highest BCUT2D eigenvalue weighted by molar-refractivity contribution is 5.67. The normalized spacial score (nSPS) is 18.8. The molecule has 1 aromatic carbocycles. The van der Waals surface area contributed by atoms with Gasteiger partial charge in [-0.2, -0.15) is 0 Å². The molecule has 0 saturated carbocycles. The zero-order valence-electron chi connectivity index (χ0n) is 9.71. The molecule has 92 valence electrons. The topological polar surface area (TPSA) is 49.8 Å². The molecule has 1 aromatic rings. The van der Waals surface area contributed by atoms with Gasteiger partial charge >= 0.3 is 5.97 Å². The molecule has 0 aromatic heterocycles. The Kier molecular flexibility index (Phi) is 4.12. The molecule has 1 N–H and O–H groups in total. The quantitative estimate of drug-likeness (QED) is 0.860. The molecule has 4 nitrogen and oxygen atoms in total. The van der Waals surface area contributed by atoms with Crippen LogP contribution < -0.4 is 0 Å². The number of hydrogen-bond acceptors (Lipinski definition) is 3. The average molecular weight is 235 g/mol. The van der Waals surface area contributed by atoms with Gasteiger partial charge in [0, 0.05) is 19.1 Å². The minimum atomic E-state index is -0.759. The van der Waals surface area contributed by atoms with Crippen molar-refractivity contribution in [3.8, 4) is 0 Å². The fraction of sp³-hybridized carbons (Fsp3) is 0.462. The van der Waals surface area contributed by atoms with Crippen LogP contribution >= 0.6 is 0 Å². The number of morpholine rings is 1. The maximum atomic E-state index is 11.0. The van der Waals surface area contributed by atoms with Crippen molar-refractivity contribution < 1.29 is 14.6 Å². The average Bonchev–Trinajstić information content (AvgIpc) is 2.38. The van der Waals surface area contributed by atoms with Gasteiger partial charge in [-0.15, -0.1) is 0 Å². The highest BCUT2D eigenvalue weighted by Gasteiger charge is 2.24. The maximum Gasteiger partial charge on any atom is 0.305 e. The molecule has 0 aliphatic carbocycles. The molecule has 0 amide bonds. The molecule has 1 heterocycles. The van der Waals surface area contributed by atoms with Crippen molar-refractivity contribution in [3.05, 3.63) is 35.9 Å². The molecule has 2 rings (SSSR count). The maximum absolute atomic E-state index is 11.0. The van der Waals surface area contributed by atoms with Gasteiger partial charge in [0.25, 0.3) is 0 Å². The zero-order chi connectivity index (χ0) is 12.1. The fourth-order valence-electron chi connectivity index (χ4n) is 2.19. The SMILES string of the molecule is O=C(O)C[C@H](c1ccccc1)N1CCOCC1. The van der Waals surface area contributed by atoms with Crippen molar-refractivity contribution in [2.24, 2.45) is 0 Å². The summed E-state index contributed by atoms with van der Waals surface area (Å²) >= 11 is 0. The summed E-state index contributed by atoms with van der Waals surface area (Å²) in [4.78, 5) is 13.2. The first kappa shape index (κ1) is 12.1. The van der Waals surface area contributed by atoms with E-state index in [0.29, 0.717) is 13.2 Å². The Balaban J connectivity index is 2.15. The second-order valence-corrected chi connectivity index (χ2v) is 4.17. The van der Waals surface area contributed by atoms with Gasteiger partial charge < -0.3 is 9.84 Å². The smallest absolute Gasteiger partial charge is 0.305 e. The Morgan fingerprint density at radius 2 is 1.94 bits per heavy atom. The minimum absolute atomic E-state index is 0.0439. The lowest BCUT2D eigenvalue weighted by Gasteiger charge is -2.34. The van der Waals surface area contributed by atoms with Crippen molar-refractivity contribution in [1.82, 2.24) is 4.90 Å². The van der Waals surface area contributed by atoms with Crippen LogP contribution in [0.15, 0.2) is 30.3 Å². The standard InChI is InChI=1S/C13H17NO3/c15-13(16)10-12(11-4-2-1-3-5-11)14-6-8-17-9-7-14/h1-5,12H,6-10H2,(H,15,16)/t12-/m1/s1.